The molecule has 0 spiro atoms. The summed E-state index contributed by atoms with van der Waals surface area (Å²) in [6.45, 7) is 1.43. The van der Waals surface area contributed by atoms with Gasteiger partial charge in [0, 0.05) is 24.7 Å². The first-order valence-corrected chi connectivity index (χ1v) is 8.33. The number of hydrogen-bond acceptors (Lipinski definition) is 3. The van der Waals surface area contributed by atoms with Crippen LogP contribution in [0.2, 0.25) is 10.0 Å². The van der Waals surface area contributed by atoms with Crippen molar-refractivity contribution in [3.63, 3.8) is 0 Å². The molecule has 0 bridgehead atoms. The molecule has 2 aromatic carbocycles. The normalized spacial score (nSPS) is 17.2. The fourth-order valence-electron chi connectivity index (χ4n) is 3.06. The summed E-state index contributed by atoms with van der Waals surface area (Å²) in [5.74, 6) is -1.15. The van der Waals surface area contributed by atoms with Crippen molar-refractivity contribution in [2.24, 2.45) is 0 Å². The second-order valence-electron chi connectivity index (χ2n) is 5.73. The topological polar surface area (TPSA) is 29.5 Å². The molecule has 1 saturated heterocycles. The minimum atomic E-state index is -0.659. The molecule has 3 rings (SSSR count). The summed E-state index contributed by atoms with van der Waals surface area (Å²) in [5, 5.41) is 1.00. The number of benzene rings is 2. The van der Waals surface area contributed by atoms with Crippen LogP contribution in [0.25, 0.3) is 0 Å². The fourth-order valence-corrected chi connectivity index (χ4v) is 3.36. The van der Waals surface area contributed by atoms with Crippen LogP contribution in [0.5, 0.6) is 0 Å². The molecular formula is C18H16Cl2FNO2. The fraction of sp³-hybridized carbons (Fsp3) is 0.278. The molecule has 0 amide bonds. The van der Waals surface area contributed by atoms with E-state index in [9.17, 15) is 9.18 Å². The van der Waals surface area contributed by atoms with Gasteiger partial charge in [0.1, 0.15) is 5.82 Å². The van der Waals surface area contributed by atoms with Gasteiger partial charge in [-0.3, -0.25) is 0 Å². The van der Waals surface area contributed by atoms with Crippen LogP contribution in [0.15, 0.2) is 36.4 Å². The van der Waals surface area contributed by atoms with Gasteiger partial charge in [0.15, 0.2) is 0 Å². The molecule has 6 heteroatoms. The first-order valence-electron chi connectivity index (χ1n) is 7.58. The third-order valence-corrected chi connectivity index (χ3v) is 5.07. The maximum absolute atomic E-state index is 14.7. The molecular weight excluding hydrogens is 352 g/mol. The van der Waals surface area contributed by atoms with E-state index in [1.165, 1.54) is 13.2 Å². The van der Waals surface area contributed by atoms with Gasteiger partial charge in [-0.1, -0.05) is 35.3 Å². The van der Waals surface area contributed by atoms with Gasteiger partial charge >= 0.3 is 5.97 Å². The van der Waals surface area contributed by atoms with Gasteiger partial charge in [0.05, 0.1) is 22.7 Å². The Kier molecular flexibility index (Phi) is 4.97. The summed E-state index contributed by atoms with van der Waals surface area (Å²) < 4.78 is 19.3. The number of ether oxygens (including phenoxy) is 1. The zero-order valence-electron chi connectivity index (χ0n) is 13.1. The van der Waals surface area contributed by atoms with Gasteiger partial charge in [-0.15, -0.1) is 0 Å². The van der Waals surface area contributed by atoms with Crippen LogP contribution in [-0.4, -0.2) is 26.2 Å². The average Bonchev–Trinajstić information content (AvgIpc) is 3.06. The minimum Gasteiger partial charge on any atom is -0.465 e. The molecule has 0 N–H and O–H groups in total. The predicted molar refractivity (Wildman–Crippen MR) is 93.8 cm³/mol. The summed E-state index contributed by atoms with van der Waals surface area (Å²) in [5.41, 5.74) is 1.47. The molecule has 1 heterocycles. The van der Waals surface area contributed by atoms with E-state index in [2.05, 4.69) is 9.64 Å². The summed E-state index contributed by atoms with van der Waals surface area (Å²) in [7, 11) is 1.25. The molecule has 3 nitrogen and oxygen atoms in total. The predicted octanol–water partition coefficient (Wildman–Crippen LogP) is 4.91. The molecule has 1 fully saturated rings. The van der Waals surface area contributed by atoms with Crippen LogP contribution in [0.3, 0.4) is 0 Å². The van der Waals surface area contributed by atoms with Crippen molar-refractivity contribution < 1.29 is 13.9 Å². The van der Waals surface area contributed by atoms with E-state index < -0.39 is 11.8 Å². The first kappa shape index (κ1) is 17.1. The lowest BCUT2D eigenvalue weighted by Gasteiger charge is -2.20. The number of hydrogen-bond donors (Lipinski definition) is 0. The van der Waals surface area contributed by atoms with E-state index in [0.717, 1.165) is 18.7 Å². The largest absolute Gasteiger partial charge is 0.465 e. The Bertz CT molecular complexity index is 782. The zero-order chi connectivity index (χ0) is 17.3. The van der Waals surface area contributed by atoms with Crippen molar-refractivity contribution in [2.75, 3.05) is 25.1 Å². The maximum Gasteiger partial charge on any atom is 0.340 e. The minimum absolute atomic E-state index is 0.00376. The second kappa shape index (κ2) is 6.99. The molecule has 1 aliphatic heterocycles. The number of carbonyl (C=O) groups excluding carboxylic acids is 1. The Labute approximate surface area is 149 Å². The quantitative estimate of drug-likeness (QED) is 0.721. The van der Waals surface area contributed by atoms with E-state index in [4.69, 9.17) is 23.2 Å². The Morgan fingerprint density at radius 1 is 1.25 bits per heavy atom. The van der Waals surface area contributed by atoms with Crippen LogP contribution in [0.4, 0.5) is 10.1 Å². The molecule has 0 aliphatic carbocycles. The van der Waals surface area contributed by atoms with Crippen LogP contribution in [-0.2, 0) is 4.74 Å². The lowest BCUT2D eigenvalue weighted by molar-refractivity contribution is 0.0595. The molecule has 126 valence electrons. The van der Waals surface area contributed by atoms with Crippen LogP contribution >= 0.6 is 23.2 Å². The number of methoxy groups -OCH3 is 1. The molecule has 0 aromatic heterocycles. The first-order chi connectivity index (χ1) is 11.5. The van der Waals surface area contributed by atoms with Gasteiger partial charge in [0.25, 0.3) is 0 Å². The third-order valence-electron chi connectivity index (χ3n) is 4.33. The molecule has 0 saturated carbocycles. The lowest BCUT2D eigenvalue weighted by atomic mass is 9.95. The van der Waals surface area contributed by atoms with Gasteiger partial charge in [-0.05, 0) is 36.2 Å². The molecule has 1 aliphatic rings. The van der Waals surface area contributed by atoms with E-state index in [-0.39, 0.29) is 11.5 Å². The zero-order valence-corrected chi connectivity index (χ0v) is 14.6. The highest BCUT2D eigenvalue weighted by molar-refractivity contribution is 6.42. The Morgan fingerprint density at radius 2 is 2.04 bits per heavy atom. The summed E-state index contributed by atoms with van der Waals surface area (Å²) in [6.07, 6.45) is 0.793. The van der Waals surface area contributed by atoms with Gasteiger partial charge in [-0.25, -0.2) is 9.18 Å². The van der Waals surface area contributed by atoms with Gasteiger partial charge < -0.3 is 9.64 Å². The van der Waals surface area contributed by atoms with Gasteiger partial charge in [0.2, 0.25) is 0 Å². The Balaban J connectivity index is 1.83. The summed E-state index contributed by atoms with van der Waals surface area (Å²) in [6, 6.07) is 10.3. The van der Waals surface area contributed by atoms with Crippen molar-refractivity contribution in [3.05, 3.63) is 63.4 Å². The summed E-state index contributed by atoms with van der Waals surface area (Å²) in [4.78, 5) is 13.8. The van der Waals surface area contributed by atoms with Crippen molar-refractivity contribution >= 4 is 34.9 Å². The highest BCUT2D eigenvalue weighted by Gasteiger charge is 2.28. The molecule has 0 radical (unpaired) electrons. The lowest BCUT2D eigenvalue weighted by Crippen LogP contribution is -2.19. The maximum atomic E-state index is 14.7. The smallest absolute Gasteiger partial charge is 0.340 e. The van der Waals surface area contributed by atoms with Crippen LogP contribution in [0, 0.1) is 5.82 Å². The summed E-state index contributed by atoms with van der Waals surface area (Å²) >= 11 is 12.0. The second-order valence-corrected chi connectivity index (χ2v) is 6.54. The van der Waals surface area contributed by atoms with Crippen molar-refractivity contribution in [1.29, 1.82) is 0 Å². The molecule has 24 heavy (non-hydrogen) atoms. The number of carbonyl (C=O) groups is 1. The SMILES string of the molecule is COC(=O)c1cccc(C2CCN(c3ccc(Cl)c(Cl)c3)C2)c1F. The number of halogens is 3. The Morgan fingerprint density at radius 3 is 2.75 bits per heavy atom. The Hall–Kier alpha value is -1.78. The van der Waals surface area contributed by atoms with E-state index >= 15 is 0 Å². The number of nitrogens with zero attached hydrogens (tertiary/aromatic N) is 1. The average molecular weight is 368 g/mol. The van der Waals surface area contributed by atoms with E-state index in [1.54, 1.807) is 18.2 Å². The van der Waals surface area contributed by atoms with Crippen molar-refractivity contribution in [3.8, 4) is 0 Å². The van der Waals surface area contributed by atoms with E-state index in [1.807, 2.05) is 12.1 Å². The highest BCUT2D eigenvalue weighted by atomic mass is 35.5. The number of rotatable bonds is 3. The molecule has 1 unspecified atom stereocenters. The monoisotopic (exact) mass is 367 g/mol. The highest BCUT2D eigenvalue weighted by Crippen LogP contribution is 2.35. The van der Waals surface area contributed by atoms with Gasteiger partial charge in [-0.2, -0.15) is 0 Å². The standard InChI is InChI=1S/C18H16Cl2FNO2/c1-24-18(23)14-4-2-3-13(17(14)21)11-7-8-22(10-11)12-5-6-15(19)16(20)9-12/h2-6,9,11H,7-8,10H2,1H3. The van der Waals surface area contributed by atoms with Crippen LogP contribution < -0.4 is 4.90 Å². The molecule has 1 atom stereocenters. The molecule has 2 aromatic rings. The van der Waals surface area contributed by atoms with E-state index in [0.29, 0.717) is 22.2 Å². The van der Waals surface area contributed by atoms with Crippen LogP contribution in [0.1, 0.15) is 28.3 Å². The third kappa shape index (κ3) is 3.21. The van der Waals surface area contributed by atoms with Crippen molar-refractivity contribution in [1.82, 2.24) is 0 Å². The van der Waals surface area contributed by atoms with Crippen molar-refractivity contribution in [2.45, 2.75) is 12.3 Å². The number of esters is 1. The number of anilines is 1.